The van der Waals surface area contributed by atoms with Crippen molar-refractivity contribution < 1.29 is 18.3 Å². The molecule has 16 heavy (non-hydrogen) atoms. The zero-order valence-electron chi connectivity index (χ0n) is 8.28. The molecule has 0 aliphatic carbocycles. The summed E-state index contributed by atoms with van der Waals surface area (Å²) in [4.78, 5) is 0. The lowest BCUT2D eigenvalue weighted by molar-refractivity contribution is -0.0511. The summed E-state index contributed by atoms with van der Waals surface area (Å²) >= 11 is 5.75. The molecule has 0 atom stereocenters. The van der Waals surface area contributed by atoms with Crippen LogP contribution in [0.1, 0.15) is 5.56 Å². The van der Waals surface area contributed by atoms with Gasteiger partial charge in [-0.25, -0.2) is 0 Å². The molecule has 0 heterocycles. The van der Waals surface area contributed by atoms with Gasteiger partial charge < -0.3 is 15.3 Å². The highest BCUT2D eigenvalue weighted by molar-refractivity contribution is 6.32. The maximum atomic E-state index is 12.1. The summed E-state index contributed by atoms with van der Waals surface area (Å²) in [5.74, 6) is 4.83. The van der Waals surface area contributed by atoms with E-state index in [-0.39, 0.29) is 16.5 Å². The molecule has 1 rings (SSSR count). The normalized spacial score (nSPS) is 11.1. The van der Waals surface area contributed by atoms with Crippen LogP contribution in [0.5, 0.6) is 11.5 Å². The van der Waals surface area contributed by atoms with Gasteiger partial charge >= 0.3 is 6.61 Å². The number of methoxy groups -OCH3 is 1. The van der Waals surface area contributed by atoms with E-state index in [2.05, 4.69) is 9.84 Å². The SMILES string of the molecule is COc1cc(/C=N\N)cc(Cl)c1OC(F)F. The Morgan fingerprint density at radius 3 is 2.69 bits per heavy atom. The van der Waals surface area contributed by atoms with Crippen molar-refractivity contribution in [1.29, 1.82) is 0 Å². The summed E-state index contributed by atoms with van der Waals surface area (Å²) in [5, 5.41) is 3.28. The van der Waals surface area contributed by atoms with Gasteiger partial charge in [-0.1, -0.05) is 11.6 Å². The molecule has 7 heteroatoms. The molecule has 0 aliphatic heterocycles. The first kappa shape index (κ1) is 12.5. The fraction of sp³-hybridized carbons (Fsp3) is 0.222. The number of alkyl halides is 2. The Bertz CT molecular complexity index is 399. The Kier molecular flexibility index (Phi) is 4.30. The minimum atomic E-state index is -2.97. The number of nitrogens with two attached hydrogens (primary N) is 1. The molecule has 0 bridgehead atoms. The fourth-order valence-corrected chi connectivity index (χ4v) is 1.37. The average Bonchev–Trinajstić information content (AvgIpc) is 2.21. The third-order valence-corrected chi connectivity index (χ3v) is 1.96. The molecule has 0 amide bonds. The maximum Gasteiger partial charge on any atom is 0.387 e. The molecule has 0 unspecified atom stereocenters. The standard InChI is InChI=1S/C9H9ClF2N2O2/c1-15-7-3-5(4-14-13)2-6(10)8(7)16-9(11)12/h2-4,9H,13H2,1H3/b14-4-. The Balaban J connectivity index is 3.17. The van der Waals surface area contributed by atoms with E-state index in [9.17, 15) is 8.78 Å². The van der Waals surface area contributed by atoms with Crippen LogP contribution in [0.2, 0.25) is 5.02 Å². The van der Waals surface area contributed by atoms with Crippen molar-refractivity contribution in [3.8, 4) is 11.5 Å². The number of hydrazone groups is 1. The molecular formula is C9H9ClF2N2O2. The van der Waals surface area contributed by atoms with E-state index in [4.69, 9.17) is 22.2 Å². The quantitative estimate of drug-likeness (QED) is 0.507. The molecule has 4 nitrogen and oxygen atoms in total. The molecule has 1 aromatic carbocycles. The second kappa shape index (κ2) is 5.50. The van der Waals surface area contributed by atoms with Gasteiger partial charge in [0.05, 0.1) is 18.3 Å². The summed E-state index contributed by atoms with van der Waals surface area (Å²) in [6.45, 7) is -2.97. The van der Waals surface area contributed by atoms with Gasteiger partial charge in [0, 0.05) is 0 Å². The first-order valence-corrected chi connectivity index (χ1v) is 4.52. The molecule has 1 aromatic rings. The predicted molar refractivity (Wildman–Crippen MR) is 56.4 cm³/mol. The number of rotatable bonds is 4. The number of hydrogen-bond acceptors (Lipinski definition) is 4. The van der Waals surface area contributed by atoms with Crippen molar-refractivity contribution in [2.75, 3.05) is 7.11 Å². The molecule has 2 N–H and O–H groups in total. The zero-order chi connectivity index (χ0) is 12.1. The van der Waals surface area contributed by atoms with Gasteiger partial charge in [-0.15, -0.1) is 0 Å². The maximum absolute atomic E-state index is 12.1. The molecule has 0 spiro atoms. The molecular weight excluding hydrogens is 242 g/mol. The van der Waals surface area contributed by atoms with E-state index in [1.807, 2.05) is 0 Å². The predicted octanol–water partition coefficient (Wildman–Crippen LogP) is 2.24. The largest absolute Gasteiger partial charge is 0.493 e. The van der Waals surface area contributed by atoms with Crippen LogP contribution in [0.15, 0.2) is 17.2 Å². The van der Waals surface area contributed by atoms with Gasteiger partial charge in [0.15, 0.2) is 11.5 Å². The lowest BCUT2D eigenvalue weighted by atomic mass is 10.2. The number of benzene rings is 1. The second-order valence-corrected chi connectivity index (χ2v) is 3.10. The van der Waals surface area contributed by atoms with Crippen LogP contribution in [0.3, 0.4) is 0 Å². The monoisotopic (exact) mass is 250 g/mol. The Labute approximate surface area is 95.6 Å². The average molecular weight is 251 g/mol. The Morgan fingerprint density at radius 1 is 1.50 bits per heavy atom. The molecule has 0 aromatic heterocycles. The van der Waals surface area contributed by atoms with E-state index in [1.165, 1.54) is 25.5 Å². The molecule has 0 fully saturated rings. The van der Waals surface area contributed by atoms with Crippen LogP contribution in [0, 0.1) is 0 Å². The zero-order valence-corrected chi connectivity index (χ0v) is 9.04. The highest BCUT2D eigenvalue weighted by Crippen LogP contribution is 2.36. The van der Waals surface area contributed by atoms with Gasteiger partial charge in [0.25, 0.3) is 0 Å². The van der Waals surface area contributed by atoms with Crippen molar-refractivity contribution in [3.63, 3.8) is 0 Å². The van der Waals surface area contributed by atoms with E-state index < -0.39 is 6.61 Å². The highest BCUT2D eigenvalue weighted by atomic mass is 35.5. The second-order valence-electron chi connectivity index (χ2n) is 2.69. The number of nitrogens with zero attached hydrogens (tertiary/aromatic N) is 1. The first-order valence-electron chi connectivity index (χ1n) is 4.14. The molecule has 0 aliphatic rings. The fourth-order valence-electron chi connectivity index (χ4n) is 1.10. The third kappa shape index (κ3) is 2.96. The summed E-state index contributed by atoms with van der Waals surface area (Å²) in [6, 6.07) is 2.82. The van der Waals surface area contributed by atoms with Crippen molar-refractivity contribution in [3.05, 3.63) is 22.7 Å². The summed E-state index contributed by atoms with van der Waals surface area (Å²) < 4.78 is 33.3. The van der Waals surface area contributed by atoms with E-state index in [0.29, 0.717) is 5.56 Å². The van der Waals surface area contributed by atoms with Crippen LogP contribution in [0.25, 0.3) is 0 Å². The summed E-state index contributed by atoms with van der Waals surface area (Å²) in [5.41, 5.74) is 0.519. The van der Waals surface area contributed by atoms with Crippen LogP contribution < -0.4 is 15.3 Å². The van der Waals surface area contributed by atoms with Crippen molar-refractivity contribution in [2.45, 2.75) is 6.61 Å². The molecule has 0 radical (unpaired) electrons. The van der Waals surface area contributed by atoms with Crippen LogP contribution >= 0.6 is 11.6 Å². The first-order chi connectivity index (χ1) is 7.58. The lowest BCUT2D eigenvalue weighted by Gasteiger charge is -2.12. The minimum Gasteiger partial charge on any atom is -0.493 e. The van der Waals surface area contributed by atoms with E-state index in [0.717, 1.165) is 0 Å². The Morgan fingerprint density at radius 2 is 2.19 bits per heavy atom. The smallest absolute Gasteiger partial charge is 0.387 e. The minimum absolute atomic E-state index is 0.00505. The summed E-state index contributed by atoms with van der Waals surface area (Å²) in [7, 11) is 1.31. The number of ether oxygens (including phenoxy) is 2. The molecule has 0 saturated heterocycles. The third-order valence-electron chi connectivity index (χ3n) is 1.68. The van der Waals surface area contributed by atoms with Gasteiger partial charge in [-0.3, -0.25) is 0 Å². The van der Waals surface area contributed by atoms with Gasteiger partial charge in [-0.05, 0) is 17.7 Å². The topological polar surface area (TPSA) is 56.8 Å². The molecule has 0 saturated carbocycles. The van der Waals surface area contributed by atoms with Gasteiger partial charge in [-0.2, -0.15) is 13.9 Å². The van der Waals surface area contributed by atoms with Crippen molar-refractivity contribution >= 4 is 17.8 Å². The van der Waals surface area contributed by atoms with E-state index in [1.54, 1.807) is 0 Å². The Hall–Kier alpha value is -1.56. The highest BCUT2D eigenvalue weighted by Gasteiger charge is 2.15. The number of hydrogen-bond donors (Lipinski definition) is 1. The van der Waals surface area contributed by atoms with Crippen molar-refractivity contribution in [1.82, 2.24) is 0 Å². The molecule has 88 valence electrons. The van der Waals surface area contributed by atoms with Crippen LogP contribution in [0.4, 0.5) is 8.78 Å². The summed E-state index contributed by atoms with van der Waals surface area (Å²) in [6.07, 6.45) is 1.31. The van der Waals surface area contributed by atoms with Gasteiger partial charge in [0.1, 0.15) is 0 Å². The van der Waals surface area contributed by atoms with Crippen LogP contribution in [-0.2, 0) is 0 Å². The van der Waals surface area contributed by atoms with Crippen LogP contribution in [-0.4, -0.2) is 19.9 Å². The van der Waals surface area contributed by atoms with Crippen molar-refractivity contribution in [2.24, 2.45) is 10.9 Å². The van der Waals surface area contributed by atoms with Gasteiger partial charge in [0.2, 0.25) is 0 Å². The number of halogens is 3. The lowest BCUT2D eigenvalue weighted by Crippen LogP contribution is -2.04. The van der Waals surface area contributed by atoms with E-state index >= 15 is 0 Å².